The number of benzene rings is 1. The molecule has 1 unspecified atom stereocenters. The van der Waals surface area contributed by atoms with Gasteiger partial charge >= 0.3 is 12.0 Å². The molecule has 73 heavy (non-hydrogen) atoms. The number of nitrogens with one attached hydrogen (secondary N) is 1. The Hall–Kier alpha value is -3.64. The standard InChI is InChI=1S/C53H87N7O13/c1-14-40-52(10,66)44(62)36(6)56-30-32(2)28-50(8,65)45(73-47-42(61)39(27-33(3)69-47)58(12)49(64)57(11)38-19-16-15-17-20-38)34(4)43(35(5)46(63)71-40)72-41-29-51(9,68-13)53(67,37(7)70-41)31-59-23-25-60(26-24-59)48-54-21-18-22-55-48/h15-22,32-37,39-45,47,56,61-62,65-67H,14,23-31H2,1-13H3/t32-,33-,34+,35-,36-,37+,39+,40-,41+,42-,43+,44?,45-,47+,50-,51-,52-,53+/m1/s1. The molecule has 4 saturated heterocycles. The number of anilines is 2. The van der Waals surface area contributed by atoms with Crippen molar-refractivity contribution in [2.24, 2.45) is 17.8 Å². The molecule has 1 aromatic heterocycles. The molecule has 20 nitrogen and oxygen atoms in total. The third-order valence-corrected chi connectivity index (χ3v) is 16.4. The summed E-state index contributed by atoms with van der Waals surface area (Å²) in [6.07, 6.45) is -6.05. The van der Waals surface area contributed by atoms with Crippen molar-refractivity contribution < 1.29 is 63.5 Å². The van der Waals surface area contributed by atoms with Gasteiger partial charge in [-0.2, -0.15) is 0 Å². The third-order valence-electron chi connectivity index (χ3n) is 16.4. The number of carbonyl (C=O) groups excluding carboxylic acids is 2. The molecule has 0 saturated carbocycles. The summed E-state index contributed by atoms with van der Waals surface area (Å²) >= 11 is 0. The fourth-order valence-corrected chi connectivity index (χ4v) is 11.6. The number of carbonyl (C=O) groups is 2. The van der Waals surface area contributed by atoms with Crippen LogP contribution >= 0.6 is 0 Å². The first-order valence-corrected chi connectivity index (χ1v) is 26.2. The number of cyclic esters (lactones) is 1. The molecule has 4 aliphatic heterocycles. The zero-order valence-corrected chi connectivity index (χ0v) is 45.5. The summed E-state index contributed by atoms with van der Waals surface area (Å²) in [6, 6.07) is 9.17. The van der Waals surface area contributed by atoms with Gasteiger partial charge in [0.15, 0.2) is 12.6 Å². The molecule has 2 aromatic rings. The van der Waals surface area contributed by atoms with Gasteiger partial charge in [0.1, 0.15) is 35.1 Å². The molecule has 18 atom stereocenters. The number of nitrogens with zero attached hydrogens (tertiary/aromatic N) is 6. The van der Waals surface area contributed by atoms with E-state index in [4.69, 9.17) is 28.4 Å². The van der Waals surface area contributed by atoms with Crippen LogP contribution < -0.4 is 15.1 Å². The van der Waals surface area contributed by atoms with Gasteiger partial charge in [0.2, 0.25) is 5.95 Å². The molecule has 4 fully saturated rings. The lowest BCUT2D eigenvalue weighted by Gasteiger charge is -2.55. The Kier molecular flexibility index (Phi) is 19.4. The molecular weight excluding hydrogens is 943 g/mol. The molecule has 0 radical (unpaired) electrons. The summed E-state index contributed by atoms with van der Waals surface area (Å²) in [5.41, 5.74) is -5.69. The van der Waals surface area contributed by atoms with Gasteiger partial charge in [-0.15, -0.1) is 0 Å². The smallest absolute Gasteiger partial charge is 0.324 e. The number of hydrogen-bond donors (Lipinski definition) is 6. The minimum Gasteiger partial charge on any atom is -0.459 e. The summed E-state index contributed by atoms with van der Waals surface area (Å²) in [5, 5.41) is 64.6. The largest absolute Gasteiger partial charge is 0.459 e. The van der Waals surface area contributed by atoms with E-state index >= 15 is 0 Å². The number of rotatable bonds is 11. The van der Waals surface area contributed by atoms with Crippen LogP contribution in [0.15, 0.2) is 48.8 Å². The SMILES string of the molecule is CC[C@H]1OC(=O)[C@H](C)[C@@H](O[C@H]2C[C@@](C)(OC)[C@](O)(CN3CCN(c4ncccn4)CC3)[C@H](C)O2)[C@H](C)[C@@H](O[C@@H]2O[C@H](C)C[C@H](N(C)C(=O)N(C)c3ccccc3)[C@H]2O)[C@](C)(O)C[C@@H](C)CN[C@H](C)C(O)[C@]1(C)O. The van der Waals surface area contributed by atoms with Crippen LogP contribution in [0.4, 0.5) is 16.4 Å². The van der Waals surface area contributed by atoms with E-state index < -0.39 is 108 Å². The lowest BCUT2D eigenvalue weighted by atomic mass is 9.74. The molecule has 6 N–H and O–H groups in total. The van der Waals surface area contributed by atoms with Crippen LogP contribution in [-0.4, -0.2) is 208 Å². The van der Waals surface area contributed by atoms with E-state index in [1.807, 2.05) is 51.1 Å². The number of urea groups is 1. The number of esters is 1. The average Bonchev–Trinajstić information content (AvgIpc) is 3.37. The molecule has 1 aromatic carbocycles. The summed E-state index contributed by atoms with van der Waals surface area (Å²) in [6.45, 7) is 20.4. The number of aliphatic hydroxyl groups is 5. The van der Waals surface area contributed by atoms with Crippen molar-refractivity contribution in [3.63, 3.8) is 0 Å². The van der Waals surface area contributed by atoms with E-state index in [2.05, 4.69) is 25.1 Å². The first-order valence-electron chi connectivity index (χ1n) is 26.2. The highest BCUT2D eigenvalue weighted by Gasteiger charge is 2.59. The lowest BCUT2D eigenvalue weighted by Crippen LogP contribution is -2.71. The van der Waals surface area contributed by atoms with E-state index in [1.54, 1.807) is 74.1 Å². The van der Waals surface area contributed by atoms with E-state index in [1.165, 1.54) is 23.8 Å². The number of amides is 2. The van der Waals surface area contributed by atoms with Gasteiger partial charge in [-0.25, -0.2) is 14.8 Å². The van der Waals surface area contributed by atoms with Crippen molar-refractivity contribution in [1.82, 2.24) is 25.1 Å². The maximum Gasteiger partial charge on any atom is 0.324 e. The second-order valence-electron chi connectivity index (χ2n) is 22.2. The van der Waals surface area contributed by atoms with E-state index in [0.717, 1.165) is 0 Å². The molecule has 5 heterocycles. The maximum absolute atomic E-state index is 14.7. The van der Waals surface area contributed by atoms with Crippen molar-refractivity contribution in [2.45, 2.75) is 185 Å². The van der Waals surface area contributed by atoms with E-state index in [-0.39, 0.29) is 44.2 Å². The summed E-state index contributed by atoms with van der Waals surface area (Å²) < 4.78 is 39.3. The second kappa shape index (κ2) is 24.1. The van der Waals surface area contributed by atoms with Crippen LogP contribution in [0, 0.1) is 17.8 Å². The first kappa shape index (κ1) is 58.6. The zero-order chi connectivity index (χ0) is 53.8. The van der Waals surface area contributed by atoms with Gasteiger partial charge in [-0.1, -0.05) is 39.0 Å². The number of aromatic nitrogens is 2. The molecule has 0 aliphatic carbocycles. The Morgan fingerprint density at radius 2 is 1.55 bits per heavy atom. The van der Waals surface area contributed by atoms with Crippen LogP contribution in [0.25, 0.3) is 0 Å². The summed E-state index contributed by atoms with van der Waals surface area (Å²) in [4.78, 5) is 44.7. The Morgan fingerprint density at radius 1 is 0.904 bits per heavy atom. The highest BCUT2D eigenvalue weighted by atomic mass is 16.7. The summed E-state index contributed by atoms with van der Waals surface area (Å²) in [7, 11) is 4.83. The number of methoxy groups -OCH3 is 1. The van der Waals surface area contributed by atoms with Gasteiger partial charge in [-0.3, -0.25) is 14.6 Å². The van der Waals surface area contributed by atoms with Gasteiger partial charge in [0.25, 0.3) is 0 Å². The van der Waals surface area contributed by atoms with Crippen molar-refractivity contribution in [2.75, 3.05) is 70.3 Å². The van der Waals surface area contributed by atoms with Crippen molar-refractivity contribution in [1.29, 1.82) is 0 Å². The van der Waals surface area contributed by atoms with Gasteiger partial charge in [0.05, 0.1) is 42.0 Å². The number of likely N-dealkylation sites (N-methyl/N-ethyl adjacent to an activating group) is 1. The molecule has 2 amide bonds. The topological polar surface area (TPSA) is 241 Å². The van der Waals surface area contributed by atoms with Crippen LogP contribution in [0.1, 0.15) is 94.9 Å². The van der Waals surface area contributed by atoms with Gasteiger partial charge in [-0.05, 0) is 98.4 Å². The molecule has 4 aliphatic rings. The quantitative estimate of drug-likeness (QED) is 0.177. The van der Waals surface area contributed by atoms with Gasteiger partial charge < -0.3 is 69.1 Å². The number of para-hydroxylation sites is 1. The molecule has 0 bridgehead atoms. The van der Waals surface area contributed by atoms with Crippen LogP contribution in [-0.2, 0) is 33.2 Å². The van der Waals surface area contributed by atoms with Crippen LogP contribution in [0.3, 0.4) is 0 Å². The van der Waals surface area contributed by atoms with Crippen LogP contribution in [0.2, 0.25) is 0 Å². The summed E-state index contributed by atoms with van der Waals surface area (Å²) in [5.74, 6) is -2.39. The van der Waals surface area contributed by atoms with Crippen molar-refractivity contribution in [3.05, 3.63) is 48.8 Å². The van der Waals surface area contributed by atoms with E-state index in [0.29, 0.717) is 44.4 Å². The normalized spacial score (nSPS) is 40.7. The van der Waals surface area contributed by atoms with Gasteiger partial charge in [0, 0.05) is 90.4 Å². The molecule has 6 rings (SSSR count). The second-order valence-corrected chi connectivity index (χ2v) is 22.2. The Balaban J connectivity index is 1.33. The third kappa shape index (κ3) is 13.0. The minimum atomic E-state index is -1.88. The fourth-order valence-electron chi connectivity index (χ4n) is 11.6. The predicted octanol–water partition coefficient (Wildman–Crippen LogP) is 3.17. The monoisotopic (exact) mass is 1030 g/mol. The number of hydrogen-bond acceptors (Lipinski definition) is 18. The maximum atomic E-state index is 14.7. The lowest BCUT2D eigenvalue weighted by molar-refractivity contribution is -0.339. The molecule has 412 valence electrons. The Morgan fingerprint density at radius 3 is 2.16 bits per heavy atom. The van der Waals surface area contributed by atoms with Crippen LogP contribution in [0.5, 0.6) is 0 Å². The zero-order valence-electron chi connectivity index (χ0n) is 45.5. The van der Waals surface area contributed by atoms with E-state index in [9.17, 15) is 35.1 Å². The Labute approximate surface area is 432 Å². The highest BCUT2D eigenvalue weighted by molar-refractivity contribution is 5.91. The molecule has 20 heteroatoms. The number of ether oxygens (including phenoxy) is 6. The number of piperazine rings is 1. The number of aliphatic hydroxyl groups excluding tert-OH is 2. The minimum absolute atomic E-state index is 0.0234. The average molecular weight is 1030 g/mol. The highest BCUT2D eigenvalue weighted by Crippen LogP contribution is 2.44. The molecule has 0 spiro atoms. The molecular formula is C53H87N7O13. The fraction of sp³-hybridized carbons (Fsp3) is 0.774. The first-order chi connectivity index (χ1) is 34.3. The predicted molar refractivity (Wildman–Crippen MR) is 273 cm³/mol. The Bertz CT molecular complexity index is 2070. The van der Waals surface area contributed by atoms with Crippen molar-refractivity contribution >= 4 is 23.6 Å². The number of β-amino-alcohol motifs (C(OH)–C–C–N with tert-alkyl or cyclic N) is 1. The van der Waals surface area contributed by atoms with Crippen molar-refractivity contribution in [3.8, 4) is 0 Å².